The number of nitrogens with zero attached hydrogens (tertiary/aromatic N) is 5. The molecule has 7 heteroatoms. The number of hydrogen-bond donors (Lipinski definition) is 1. The van der Waals surface area contributed by atoms with E-state index < -0.39 is 0 Å². The molecule has 0 unspecified atom stereocenters. The smallest absolute Gasteiger partial charge is 0.267 e. The summed E-state index contributed by atoms with van der Waals surface area (Å²) in [5.74, 6) is 0.342. The number of hydrogen-bond acceptors (Lipinski definition) is 5. The van der Waals surface area contributed by atoms with Gasteiger partial charge in [-0.25, -0.2) is 5.43 Å². The minimum Gasteiger partial charge on any atom is -0.267 e. The molecule has 0 spiro atoms. The highest BCUT2D eigenvalue weighted by Crippen LogP contribution is 2.12. The Morgan fingerprint density at radius 1 is 0.903 bits per heavy atom. The molecule has 4 rings (SSSR count). The van der Waals surface area contributed by atoms with Gasteiger partial charge in [0.15, 0.2) is 0 Å². The van der Waals surface area contributed by atoms with Crippen LogP contribution in [0.1, 0.15) is 27.9 Å². The van der Waals surface area contributed by atoms with Gasteiger partial charge in [0.1, 0.15) is 0 Å². The molecule has 7 nitrogen and oxygen atoms in total. The van der Waals surface area contributed by atoms with E-state index in [0.29, 0.717) is 17.9 Å². The Morgan fingerprint density at radius 2 is 1.61 bits per heavy atom. The third-order valence-electron chi connectivity index (χ3n) is 4.69. The number of aromatic nitrogens is 4. The van der Waals surface area contributed by atoms with Crippen molar-refractivity contribution in [1.82, 2.24) is 25.6 Å². The average Bonchev–Trinajstić information content (AvgIpc) is 3.29. The van der Waals surface area contributed by atoms with Crippen molar-refractivity contribution < 1.29 is 4.79 Å². The lowest BCUT2D eigenvalue weighted by Gasteiger charge is -2.03. The average molecular weight is 410 g/mol. The molecule has 1 heterocycles. The van der Waals surface area contributed by atoms with Gasteiger partial charge in [-0.05, 0) is 41.3 Å². The highest BCUT2D eigenvalue weighted by molar-refractivity contribution is 5.94. The van der Waals surface area contributed by atoms with E-state index in [1.54, 1.807) is 18.3 Å². The number of nitrogens with one attached hydrogen (secondary N) is 1. The number of carbonyl (C=O) groups is 1. The fourth-order valence-corrected chi connectivity index (χ4v) is 3.05. The highest BCUT2D eigenvalue weighted by atomic mass is 16.2. The van der Waals surface area contributed by atoms with Crippen LogP contribution in [0.25, 0.3) is 11.4 Å². The third-order valence-corrected chi connectivity index (χ3v) is 4.69. The van der Waals surface area contributed by atoms with E-state index in [9.17, 15) is 4.79 Å². The van der Waals surface area contributed by atoms with Gasteiger partial charge in [0.05, 0.1) is 6.54 Å². The van der Waals surface area contributed by atoms with Crippen molar-refractivity contribution in [1.29, 1.82) is 0 Å². The summed E-state index contributed by atoms with van der Waals surface area (Å²) in [6.45, 7) is 0.472. The lowest BCUT2D eigenvalue weighted by atomic mass is 10.1. The Balaban J connectivity index is 1.27. The second-order valence-electron chi connectivity index (χ2n) is 6.98. The second kappa shape index (κ2) is 10.1. The molecule has 1 N–H and O–H groups in total. The van der Waals surface area contributed by atoms with Gasteiger partial charge in [-0.1, -0.05) is 72.8 Å². The molecule has 3 aromatic carbocycles. The van der Waals surface area contributed by atoms with Gasteiger partial charge >= 0.3 is 0 Å². The number of rotatable bonds is 8. The molecule has 0 aliphatic rings. The third kappa shape index (κ3) is 5.70. The van der Waals surface area contributed by atoms with Crippen molar-refractivity contribution in [2.45, 2.75) is 19.4 Å². The van der Waals surface area contributed by atoms with E-state index in [0.717, 1.165) is 24.0 Å². The van der Waals surface area contributed by atoms with Crippen LogP contribution in [-0.2, 0) is 13.0 Å². The van der Waals surface area contributed by atoms with Crippen LogP contribution < -0.4 is 5.43 Å². The Hall–Kier alpha value is -4.13. The molecule has 0 aliphatic carbocycles. The minimum absolute atomic E-state index is 0.243. The molecule has 0 radical (unpaired) electrons. The summed E-state index contributed by atoms with van der Waals surface area (Å²) in [5, 5.41) is 16.6. The standard InChI is InChI=1S/C24H22N6O/c31-24(27-25-17-7-10-19-8-3-1-4-9-19)22-15-13-20(14-16-22)18-30-28-23(26-29-30)21-11-5-2-6-12-21/h1-6,8-9,11-17H,7,10,18H2,(H,27,31)/b25-17-. The maximum absolute atomic E-state index is 12.2. The van der Waals surface area contributed by atoms with Crippen LogP contribution in [-0.4, -0.2) is 32.3 Å². The van der Waals surface area contributed by atoms with Crippen LogP contribution in [0.5, 0.6) is 0 Å². The molecule has 0 bridgehead atoms. The number of hydrazone groups is 1. The Labute approximate surface area is 180 Å². The maximum atomic E-state index is 12.2. The summed E-state index contributed by atoms with van der Waals surface area (Å²) in [7, 11) is 0. The number of tetrazole rings is 1. The van der Waals surface area contributed by atoms with Crippen LogP contribution in [0.2, 0.25) is 0 Å². The largest absolute Gasteiger partial charge is 0.271 e. The number of carbonyl (C=O) groups excluding carboxylic acids is 1. The van der Waals surface area contributed by atoms with Crippen molar-refractivity contribution >= 4 is 12.1 Å². The second-order valence-corrected chi connectivity index (χ2v) is 6.98. The first-order valence-electron chi connectivity index (χ1n) is 10.1. The normalized spacial score (nSPS) is 11.0. The van der Waals surface area contributed by atoms with E-state index >= 15 is 0 Å². The maximum Gasteiger partial charge on any atom is 0.271 e. The van der Waals surface area contributed by atoms with Crippen LogP contribution in [0.3, 0.4) is 0 Å². The fraction of sp³-hybridized carbons (Fsp3) is 0.125. The van der Waals surface area contributed by atoms with E-state index in [1.165, 1.54) is 10.4 Å². The van der Waals surface area contributed by atoms with Crippen molar-refractivity contribution in [3.8, 4) is 11.4 Å². The topological polar surface area (TPSA) is 85.1 Å². The number of aryl methyl sites for hydroxylation is 1. The molecule has 1 amide bonds. The molecule has 0 saturated heterocycles. The highest BCUT2D eigenvalue weighted by Gasteiger charge is 2.07. The molecule has 154 valence electrons. The molecule has 0 atom stereocenters. The molecule has 31 heavy (non-hydrogen) atoms. The van der Waals surface area contributed by atoms with E-state index in [4.69, 9.17) is 0 Å². The van der Waals surface area contributed by atoms with Crippen molar-refractivity contribution in [3.63, 3.8) is 0 Å². The lowest BCUT2D eigenvalue weighted by Crippen LogP contribution is -2.17. The molecular formula is C24H22N6O. The van der Waals surface area contributed by atoms with Crippen LogP contribution in [0.4, 0.5) is 0 Å². The van der Waals surface area contributed by atoms with Crippen molar-refractivity contribution in [3.05, 3.63) is 102 Å². The van der Waals surface area contributed by atoms with E-state index in [2.05, 4.69) is 38.1 Å². The van der Waals surface area contributed by atoms with E-state index in [-0.39, 0.29) is 5.91 Å². The summed E-state index contributed by atoms with van der Waals surface area (Å²) in [4.78, 5) is 13.8. The van der Waals surface area contributed by atoms with Crippen LogP contribution in [0.15, 0.2) is 90.0 Å². The number of benzene rings is 3. The Morgan fingerprint density at radius 3 is 2.35 bits per heavy atom. The monoisotopic (exact) mass is 410 g/mol. The SMILES string of the molecule is O=C(N/N=C\CCc1ccccc1)c1ccc(Cn2nnc(-c3ccccc3)n2)cc1. The van der Waals surface area contributed by atoms with Gasteiger partial charge in [0.25, 0.3) is 5.91 Å². The van der Waals surface area contributed by atoms with Gasteiger partial charge in [-0.15, -0.1) is 10.2 Å². The molecule has 1 aromatic heterocycles. The molecule has 0 saturated carbocycles. The predicted molar refractivity (Wildman–Crippen MR) is 120 cm³/mol. The zero-order valence-electron chi connectivity index (χ0n) is 16.9. The first kappa shape index (κ1) is 20.2. The number of amides is 1. The first-order chi connectivity index (χ1) is 15.3. The summed E-state index contributed by atoms with van der Waals surface area (Å²) < 4.78 is 0. The zero-order chi connectivity index (χ0) is 21.3. The summed E-state index contributed by atoms with van der Waals surface area (Å²) in [6, 6.07) is 27.2. The van der Waals surface area contributed by atoms with Gasteiger partial charge in [0.2, 0.25) is 5.82 Å². The van der Waals surface area contributed by atoms with Crippen molar-refractivity contribution in [2.75, 3.05) is 0 Å². The van der Waals surface area contributed by atoms with Gasteiger partial charge < -0.3 is 0 Å². The summed E-state index contributed by atoms with van der Waals surface area (Å²) in [6.07, 6.45) is 3.37. The zero-order valence-corrected chi connectivity index (χ0v) is 16.9. The fourth-order valence-electron chi connectivity index (χ4n) is 3.05. The minimum atomic E-state index is -0.243. The Kier molecular flexibility index (Phi) is 6.54. The molecule has 4 aromatic rings. The van der Waals surface area contributed by atoms with Crippen LogP contribution in [0, 0.1) is 0 Å². The van der Waals surface area contributed by atoms with Gasteiger partial charge in [-0.3, -0.25) is 4.79 Å². The van der Waals surface area contributed by atoms with Gasteiger partial charge in [0, 0.05) is 17.3 Å². The summed E-state index contributed by atoms with van der Waals surface area (Å²) >= 11 is 0. The lowest BCUT2D eigenvalue weighted by molar-refractivity contribution is 0.0955. The quantitative estimate of drug-likeness (QED) is 0.354. The Bertz CT molecular complexity index is 1140. The van der Waals surface area contributed by atoms with Crippen LogP contribution >= 0.6 is 0 Å². The molecule has 0 aliphatic heterocycles. The van der Waals surface area contributed by atoms with Crippen molar-refractivity contribution in [2.24, 2.45) is 5.10 Å². The first-order valence-corrected chi connectivity index (χ1v) is 10.1. The molecule has 0 fully saturated rings. The van der Waals surface area contributed by atoms with Gasteiger partial charge in [-0.2, -0.15) is 9.90 Å². The van der Waals surface area contributed by atoms with E-state index in [1.807, 2.05) is 60.7 Å². The summed E-state index contributed by atoms with van der Waals surface area (Å²) in [5.41, 5.74) is 6.25. The predicted octanol–water partition coefficient (Wildman–Crippen LogP) is 3.74. The molecular weight excluding hydrogens is 388 g/mol.